The Morgan fingerprint density at radius 2 is 1.95 bits per heavy atom. The van der Waals surface area contributed by atoms with Crippen molar-refractivity contribution < 1.29 is 17.8 Å². The zero-order valence-corrected chi connectivity index (χ0v) is 21.4. The van der Waals surface area contributed by atoms with Crippen LogP contribution in [0.25, 0.3) is 11.1 Å². The van der Waals surface area contributed by atoms with Crippen molar-refractivity contribution in [1.82, 2.24) is 4.98 Å². The largest absolute Gasteiger partial charge is 0.356 e. The molecular formula is C27H27F2N5O2S. The van der Waals surface area contributed by atoms with Crippen LogP contribution in [0.4, 0.5) is 20.3 Å². The van der Waals surface area contributed by atoms with E-state index in [1.807, 2.05) is 6.07 Å². The number of nitrogens with zero attached hydrogens (tertiary/aromatic N) is 3. The van der Waals surface area contributed by atoms with Crippen molar-refractivity contribution in [3.05, 3.63) is 71.4 Å². The summed E-state index contributed by atoms with van der Waals surface area (Å²) in [5, 5.41) is 12.1. The Morgan fingerprint density at radius 1 is 1.19 bits per heavy atom. The number of alkyl halides is 2. The lowest BCUT2D eigenvalue weighted by molar-refractivity contribution is -0.0102. The van der Waals surface area contributed by atoms with Crippen molar-refractivity contribution >= 4 is 27.1 Å². The van der Waals surface area contributed by atoms with E-state index >= 15 is 0 Å². The standard InChI is InChI=1S/C27H27F2N5O2S/c1-18-23(20-7-3-6-19(14-20)16-30)17-32-25(34-12-5-10-27(28,29)11-13-34)24(18)26(35)33-21-8-4-9-22(15-21)37(2,31)36/h3-4,6-9,14-15,17,31H,5,10-13H2,1-2H3,(H,33,35). The molecule has 1 unspecified atom stereocenters. The molecule has 2 N–H and O–H groups in total. The first-order valence-corrected chi connectivity index (χ1v) is 13.7. The number of hydrogen-bond acceptors (Lipinski definition) is 6. The van der Waals surface area contributed by atoms with E-state index in [0.29, 0.717) is 40.3 Å². The Hall–Kier alpha value is -3.84. The first kappa shape index (κ1) is 26.2. The molecule has 1 atom stereocenters. The Bertz CT molecular complexity index is 1500. The second-order valence-electron chi connectivity index (χ2n) is 9.21. The molecule has 10 heteroatoms. The SMILES string of the molecule is Cc1c(-c2cccc(C#N)c2)cnc(N2CCCC(F)(F)CC2)c1C(=O)Nc1cccc(S(C)(=N)=O)c1. The maximum atomic E-state index is 14.1. The van der Waals surface area contributed by atoms with E-state index in [0.717, 1.165) is 0 Å². The Morgan fingerprint density at radius 3 is 2.68 bits per heavy atom. The Balaban J connectivity index is 1.80. The molecule has 4 rings (SSSR count). The zero-order chi connectivity index (χ0) is 26.8. The van der Waals surface area contributed by atoms with Gasteiger partial charge in [0.1, 0.15) is 5.82 Å². The number of rotatable bonds is 5. The number of benzene rings is 2. The molecule has 1 fully saturated rings. The van der Waals surface area contributed by atoms with Crippen LogP contribution in [0.3, 0.4) is 0 Å². The molecule has 2 heterocycles. The Kier molecular flexibility index (Phi) is 7.28. The number of carbonyl (C=O) groups excluding carboxylic acids is 1. The predicted octanol–water partition coefficient (Wildman–Crippen LogP) is 5.84. The Labute approximate surface area is 215 Å². The van der Waals surface area contributed by atoms with Crippen molar-refractivity contribution in [1.29, 1.82) is 10.0 Å². The number of halogens is 2. The first-order chi connectivity index (χ1) is 17.5. The molecule has 0 aliphatic carbocycles. The van der Waals surface area contributed by atoms with Gasteiger partial charge in [0.15, 0.2) is 0 Å². The van der Waals surface area contributed by atoms with Gasteiger partial charge in [0.25, 0.3) is 5.91 Å². The van der Waals surface area contributed by atoms with Crippen molar-refractivity contribution in [3.63, 3.8) is 0 Å². The van der Waals surface area contributed by atoms with E-state index in [9.17, 15) is 23.0 Å². The molecule has 7 nitrogen and oxygen atoms in total. The van der Waals surface area contributed by atoms with Crippen LogP contribution in [0.1, 0.15) is 40.7 Å². The highest BCUT2D eigenvalue weighted by atomic mass is 32.2. The van der Waals surface area contributed by atoms with Crippen LogP contribution in [0.5, 0.6) is 0 Å². The molecule has 2 aromatic carbocycles. The molecule has 0 radical (unpaired) electrons. The van der Waals surface area contributed by atoms with Gasteiger partial charge in [-0.15, -0.1) is 0 Å². The zero-order valence-electron chi connectivity index (χ0n) is 20.6. The summed E-state index contributed by atoms with van der Waals surface area (Å²) >= 11 is 0. The summed E-state index contributed by atoms with van der Waals surface area (Å²) in [5.74, 6) is -2.96. The normalized spacial score (nSPS) is 16.8. The van der Waals surface area contributed by atoms with Crippen LogP contribution in [-0.4, -0.2) is 40.4 Å². The van der Waals surface area contributed by atoms with E-state index in [-0.39, 0.29) is 36.3 Å². The predicted molar refractivity (Wildman–Crippen MR) is 140 cm³/mol. The average Bonchev–Trinajstić information content (AvgIpc) is 3.03. The molecule has 3 aromatic rings. The van der Waals surface area contributed by atoms with E-state index < -0.39 is 21.6 Å². The van der Waals surface area contributed by atoms with Crippen molar-refractivity contribution in [2.24, 2.45) is 0 Å². The van der Waals surface area contributed by atoms with Gasteiger partial charge in [0.2, 0.25) is 5.92 Å². The fourth-order valence-electron chi connectivity index (χ4n) is 4.43. The van der Waals surface area contributed by atoms with Gasteiger partial charge in [0, 0.05) is 54.5 Å². The van der Waals surface area contributed by atoms with Crippen molar-refractivity contribution in [2.75, 3.05) is 29.6 Å². The molecule has 0 bridgehead atoms. The van der Waals surface area contributed by atoms with Gasteiger partial charge in [-0.05, 0) is 54.8 Å². The van der Waals surface area contributed by atoms with Gasteiger partial charge in [-0.25, -0.2) is 22.8 Å². The highest BCUT2D eigenvalue weighted by Gasteiger charge is 2.33. The third kappa shape index (κ3) is 5.94. The second-order valence-corrected chi connectivity index (χ2v) is 11.4. The molecule has 1 aliphatic rings. The molecule has 1 aliphatic heterocycles. The minimum Gasteiger partial charge on any atom is -0.356 e. The van der Waals surface area contributed by atoms with Crippen LogP contribution >= 0.6 is 0 Å². The molecule has 37 heavy (non-hydrogen) atoms. The van der Waals surface area contributed by atoms with Crippen LogP contribution in [0.15, 0.2) is 59.6 Å². The summed E-state index contributed by atoms with van der Waals surface area (Å²) in [6, 6.07) is 15.3. The summed E-state index contributed by atoms with van der Waals surface area (Å²) < 4.78 is 48.2. The van der Waals surface area contributed by atoms with Crippen molar-refractivity contribution in [3.8, 4) is 17.2 Å². The van der Waals surface area contributed by atoms with Gasteiger partial charge in [-0.1, -0.05) is 18.2 Å². The number of carbonyl (C=O) groups is 1. The minimum absolute atomic E-state index is 0.0508. The number of hydrogen-bond donors (Lipinski definition) is 2. The first-order valence-electron chi connectivity index (χ1n) is 11.8. The molecule has 1 aromatic heterocycles. The third-order valence-corrected chi connectivity index (χ3v) is 7.56. The van der Waals surface area contributed by atoms with Crippen LogP contribution in [0.2, 0.25) is 0 Å². The fourth-order valence-corrected chi connectivity index (χ4v) is 5.12. The van der Waals surface area contributed by atoms with Gasteiger partial charge < -0.3 is 10.2 Å². The fraction of sp³-hybridized carbons (Fsp3) is 0.296. The summed E-state index contributed by atoms with van der Waals surface area (Å²) in [7, 11) is -2.99. The highest BCUT2D eigenvalue weighted by molar-refractivity contribution is 7.91. The highest BCUT2D eigenvalue weighted by Crippen LogP contribution is 2.35. The lowest BCUT2D eigenvalue weighted by Crippen LogP contribution is -2.30. The maximum Gasteiger partial charge on any atom is 0.259 e. The molecule has 192 valence electrons. The van der Waals surface area contributed by atoms with Gasteiger partial charge in [-0.3, -0.25) is 4.79 Å². The lowest BCUT2D eigenvalue weighted by atomic mass is 9.96. The van der Waals surface area contributed by atoms with E-state index in [1.165, 1.54) is 12.3 Å². The second kappa shape index (κ2) is 10.3. The van der Waals surface area contributed by atoms with Crippen LogP contribution < -0.4 is 10.2 Å². The van der Waals surface area contributed by atoms with E-state index in [2.05, 4.69) is 16.4 Å². The summed E-state index contributed by atoms with van der Waals surface area (Å²) in [5.41, 5.74) is 2.98. The number of anilines is 2. The molecular weight excluding hydrogens is 496 g/mol. The molecule has 1 saturated heterocycles. The minimum atomic E-state index is -2.99. The van der Waals surface area contributed by atoms with E-state index in [4.69, 9.17) is 4.78 Å². The third-order valence-electron chi connectivity index (χ3n) is 6.41. The number of pyridine rings is 1. The van der Waals surface area contributed by atoms with Crippen LogP contribution in [0, 0.1) is 23.0 Å². The number of amides is 1. The summed E-state index contributed by atoms with van der Waals surface area (Å²) in [6.45, 7) is 2.15. The lowest BCUT2D eigenvalue weighted by Gasteiger charge is -2.26. The van der Waals surface area contributed by atoms with Gasteiger partial charge in [-0.2, -0.15) is 5.26 Å². The summed E-state index contributed by atoms with van der Waals surface area (Å²) in [6.07, 6.45) is 2.61. The average molecular weight is 524 g/mol. The topological polar surface area (TPSA) is 110 Å². The van der Waals surface area contributed by atoms with Gasteiger partial charge >= 0.3 is 0 Å². The number of nitriles is 1. The van der Waals surface area contributed by atoms with Gasteiger partial charge in [0.05, 0.1) is 26.9 Å². The molecule has 0 saturated carbocycles. The van der Waals surface area contributed by atoms with Crippen molar-refractivity contribution in [2.45, 2.75) is 37.0 Å². The number of nitrogens with one attached hydrogen (secondary N) is 2. The molecule has 0 spiro atoms. The van der Waals surface area contributed by atoms with Crippen LogP contribution in [-0.2, 0) is 9.73 Å². The quantitative estimate of drug-likeness (QED) is 0.436. The van der Waals surface area contributed by atoms with E-state index in [1.54, 1.807) is 54.4 Å². The summed E-state index contributed by atoms with van der Waals surface area (Å²) in [4.78, 5) is 20.2. The monoisotopic (exact) mass is 523 g/mol. The maximum absolute atomic E-state index is 14.1. The smallest absolute Gasteiger partial charge is 0.259 e. The molecule has 1 amide bonds. The number of aromatic nitrogens is 1.